The van der Waals surface area contributed by atoms with Crippen LogP contribution in [0.3, 0.4) is 0 Å². The predicted octanol–water partition coefficient (Wildman–Crippen LogP) is 2.35. The molecule has 1 saturated heterocycles. The maximum Gasteiger partial charge on any atom is 0.418 e. The number of nitrogens with zero attached hydrogens (tertiary/aromatic N) is 1. The number of piperidine rings is 1. The highest BCUT2D eigenvalue weighted by Gasteiger charge is 2.37. The van der Waals surface area contributed by atoms with E-state index in [2.05, 4.69) is 5.32 Å². The van der Waals surface area contributed by atoms with Crippen molar-refractivity contribution in [1.29, 1.82) is 0 Å². The summed E-state index contributed by atoms with van der Waals surface area (Å²) in [6.45, 7) is 1.21. The van der Waals surface area contributed by atoms with Crippen LogP contribution in [0, 0.1) is 0 Å². The number of alkyl halides is 3. The number of hydrogen-bond acceptors (Lipinski definition) is 2. The van der Waals surface area contributed by atoms with Crippen LogP contribution in [0.25, 0.3) is 0 Å². The Bertz CT molecular complexity index is 462. The van der Waals surface area contributed by atoms with E-state index >= 15 is 0 Å². The second kappa shape index (κ2) is 5.24. The largest absolute Gasteiger partial charge is 0.478 e. The molecule has 19 heavy (non-hydrogen) atoms. The van der Waals surface area contributed by atoms with Crippen LogP contribution in [0.15, 0.2) is 12.4 Å². The number of rotatable bonds is 3. The number of aromatic nitrogens is 1. The van der Waals surface area contributed by atoms with Crippen LogP contribution in [0.2, 0.25) is 0 Å². The van der Waals surface area contributed by atoms with Gasteiger partial charge in [0.1, 0.15) is 0 Å². The van der Waals surface area contributed by atoms with Gasteiger partial charge in [0, 0.05) is 25.0 Å². The molecule has 0 aliphatic carbocycles. The number of nitrogens with one attached hydrogen (secondary N) is 1. The third-order valence-electron chi connectivity index (χ3n) is 3.26. The van der Waals surface area contributed by atoms with Gasteiger partial charge >= 0.3 is 12.1 Å². The van der Waals surface area contributed by atoms with Crippen LogP contribution in [0.1, 0.15) is 35.2 Å². The minimum Gasteiger partial charge on any atom is -0.478 e. The lowest BCUT2D eigenvalue weighted by Crippen LogP contribution is -2.37. The molecule has 1 aromatic rings. The molecule has 1 aromatic heterocycles. The van der Waals surface area contributed by atoms with Gasteiger partial charge in [0.2, 0.25) is 0 Å². The van der Waals surface area contributed by atoms with E-state index in [-0.39, 0.29) is 6.04 Å². The number of aromatic carboxylic acids is 1. The summed E-state index contributed by atoms with van der Waals surface area (Å²) in [6.07, 6.45) is 0.287. The third kappa shape index (κ3) is 3.28. The molecule has 0 spiro atoms. The second-order valence-corrected chi connectivity index (χ2v) is 4.73. The summed E-state index contributed by atoms with van der Waals surface area (Å²) in [5.74, 6) is -1.55. The first kappa shape index (κ1) is 13.9. The first-order chi connectivity index (χ1) is 8.88. The minimum atomic E-state index is -4.64. The summed E-state index contributed by atoms with van der Waals surface area (Å²) >= 11 is 0. The number of hydrogen-bond donors (Lipinski definition) is 2. The molecule has 2 heterocycles. The molecule has 2 N–H and O–H groups in total. The van der Waals surface area contributed by atoms with Crippen LogP contribution in [0.4, 0.5) is 13.2 Å². The number of carboxylic acid groups (broad SMARTS) is 1. The van der Waals surface area contributed by atoms with Crippen molar-refractivity contribution in [3.05, 3.63) is 23.5 Å². The second-order valence-electron chi connectivity index (χ2n) is 4.73. The Morgan fingerprint density at radius 1 is 1.42 bits per heavy atom. The summed E-state index contributed by atoms with van der Waals surface area (Å²) in [5.41, 5.74) is -1.78. The topological polar surface area (TPSA) is 54.3 Å². The number of carbonyl (C=O) groups is 1. The fraction of sp³-hybridized carbons (Fsp3) is 0.583. The Morgan fingerprint density at radius 2 is 2.16 bits per heavy atom. The van der Waals surface area contributed by atoms with E-state index in [1.807, 2.05) is 0 Å². The fourth-order valence-electron chi connectivity index (χ4n) is 2.34. The average Bonchev–Trinajstić information content (AvgIpc) is 2.74. The molecule has 2 rings (SSSR count). The van der Waals surface area contributed by atoms with Gasteiger partial charge in [-0.2, -0.15) is 13.2 Å². The Morgan fingerprint density at radius 3 is 2.63 bits per heavy atom. The van der Waals surface area contributed by atoms with Gasteiger partial charge in [-0.15, -0.1) is 0 Å². The van der Waals surface area contributed by atoms with Crippen molar-refractivity contribution in [2.45, 2.75) is 38.0 Å². The first-order valence-electron chi connectivity index (χ1n) is 6.11. The van der Waals surface area contributed by atoms with Crippen LogP contribution in [0.5, 0.6) is 0 Å². The zero-order valence-electron chi connectivity index (χ0n) is 10.2. The lowest BCUT2D eigenvalue weighted by molar-refractivity contribution is -0.138. The van der Waals surface area contributed by atoms with Crippen molar-refractivity contribution in [2.24, 2.45) is 0 Å². The zero-order valence-corrected chi connectivity index (χ0v) is 10.2. The Kier molecular flexibility index (Phi) is 3.84. The molecule has 106 valence electrons. The van der Waals surface area contributed by atoms with E-state index in [0.29, 0.717) is 6.54 Å². The molecule has 0 aromatic carbocycles. The molecular formula is C12H15F3N2O2. The lowest BCUT2D eigenvalue weighted by Gasteiger charge is -2.23. The Hall–Kier alpha value is -1.50. The molecule has 1 unspecified atom stereocenters. The maximum atomic E-state index is 12.7. The van der Waals surface area contributed by atoms with Gasteiger partial charge in [-0.3, -0.25) is 0 Å². The molecular weight excluding hydrogens is 261 g/mol. The molecule has 1 atom stereocenters. The van der Waals surface area contributed by atoms with Gasteiger partial charge in [-0.05, 0) is 19.4 Å². The zero-order chi connectivity index (χ0) is 14.0. The molecule has 1 fully saturated rings. The average molecular weight is 276 g/mol. The van der Waals surface area contributed by atoms with Gasteiger partial charge in [0.15, 0.2) is 0 Å². The highest BCUT2D eigenvalue weighted by molar-refractivity contribution is 5.89. The standard InChI is InChI=1S/C12H15F3N2O2/c13-12(14,15)10-7-17(6-9(10)11(18)19)5-8-3-1-2-4-16-8/h6-8,16H,1-5H2,(H,18,19). The van der Waals surface area contributed by atoms with Gasteiger partial charge in [0.05, 0.1) is 11.1 Å². The summed E-state index contributed by atoms with van der Waals surface area (Å²) in [6, 6.07) is 0.101. The molecule has 1 aliphatic rings. The van der Waals surface area contributed by atoms with E-state index in [0.717, 1.165) is 38.2 Å². The third-order valence-corrected chi connectivity index (χ3v) is 3.26. The number of halogens is 3. The fourth-order valence-corrected chi connectivity index (χ4v) is 2.34. The summed E-state index contributed by atoms with van der Waals surface area (Å²) < 4.78 is 39.4. The summed E-state index contributed by atoms with van der Waals surface area (Å²) in [7, 11) is 0. The van der Waals surface area contributed by atoms with Gasteiger partial charge in [-0.25, -0.2) is 4.79 Å². The molecule has 0 radical (unpaired) electrons. The van der Waals surface area contributed by atoms with Crippen molar-refractivity contribution in [2.75, 3.05) is 6.54 Å². The van der Waals surface area contributed by atoms with E-state index in [1.54, 1.807) is 0 Å². The summed E-state index contributed by atoms with van der Waals surface area (Å²) in [5, 5.41) is 12.0. The van der Waals surface area contributed by atoms with Crippen LogP contribution >= 0.6 is 0 Å². The van der Waals surface area contributed by atoms with E-state index in [1.165, 1.54) is 4.57 Å². The van der Waals surface area contributed by atoms with Crippen LogP contribution < -0.4 is 5.32 Å². The van der Waals surface area contributed by atoms with Crippen molar-refractivity contribution in [3.63, 3.8) is 0 Å². The Balaban J connectivity index is 2.20. The highest BCUT2D eigenvalue weighted by atomic mass is 19.4. The molecule has 4 nitrogen and oxygen atoms in total. The van der Waals surface area contributed by atoms with E-state index in [4.69, 9.17) is 5.11 Å². The molecule has 0 amide bonds. The molecule has 0 bridgehead atoms. The smallest absolute Gasteiger partial charge is 0.418 e. The normalized spacial score (nSPS) is 20.5. The molecule has 1 aliphatic heterocycles. The molecule has 7 heteroatoms. The number of carboxylic acids is 1. The van der Waals surface area contributed by atoms with Gasteiger partial charge in [0.25, 0.3) is 0 Å². The van der Waals surface area contributed by atoms with Crippen molar-refractivity contribution in [3.8, 4) is 0 Å². The van der Waals surface area contributed by atoms with Gasteiger partial charge in [-0.1, -0.05) is 6.42 Å². The Labute approximate surface area is 108 Å². The predicted molar refractivity (Wildman–Crippen MR) is 62.0 cm³/mol. The van der Waals surface area contributed by atoms with E-state index in [9.17, 15) is 18.0 Å². The van der Waals surface area contributed by atoms with Crippen molar-refractivity contribution < 1.29 is 23.1 Å². The molecule has 0 saturated carbocycles. The minimum absolute atomic E-state index is 0.101. The lowest BCUT2D eigenvalue weighted by atomic mass is 10.1. The maximum absolute atomic E-state index is 12.7. The van der Waals surface area contributed by atoms with Crippen LogP contribution in [-0.4, -0.2) is 28.2 Å². The summed E-state index contributed by atoms with van der Waals surface area (Å²) in [4.78, 5) is 10.8. The monoisotopic (exact) mass is 276 g/mol. The highest BCUT2D eigenvalue weighted by Crippen LogP contribution is 2.32. The SMILES string of the molecule is O=C(O)c1cn(CC2CCCCN2)cc1C(F)(F)F. The van der Waals surface area contributed by atoms with Gasteiger partial charge < -0.3 is 15.0 Å². The van der Waals surface area contributed by atoms with Crippen molar-refractivity contribution in [1.82, 2.24) is 9.88 Å². The van der Waals surface area contributed by atoms with Crippen LogP contribution in [-0.2, 0) is 12.7 Å². The van der Waals surface area contributed by atoms with Crippen molar-refractivity contribution >= 4 is 5.97 Å². The van der Waals surface area contributed by atoms with E-state index < -0.39 is 23.3 Å². The quantitative estimate of drug-likeness (QED) is 0.891. The first-order valence-corrected chi connectivity index (χ1v) is 6.11.